The first kappa shape index (κ1) is 16.5. The standard InChI is InChI=1S/C18H25NO3/c1-3-4-6-11-15-18(2,12-16(20)19-15)17(21)22-13-14-9-7-5-8-10-14/h5,7-10,15H,3-4,6,11-13H2,1-2H3,(H,19,20)/t15-,18-/m1/s1. The van der Waals surface area contributed by atoms with Crippen LogP contribution in [0.15, 0.2) is 30.3 Å². The van der Waals surface area contributed by atoms with Crippen molar-refractivity contribution in [1.82, 2.24) is 5.32 Å². The number of ether oxygens (including phenoxy) is 1. The summed E-state index contributed by atoms with van der Waals surface area (Å²) in [5, 5.41) is 2.94. The maximum atomic E-state index is 12.5. The van der Waals surface area contributed by atoms with E-state index in [1.165, 1.54) is 0 Å². The van der Waals surface area contributed by atoms with Crippen LogP contribution in [0.4, 0.5) is 0 Å². The highest BCUT2D eigenvalue weighted by atomic mass is 16.5. The average molecular weight is 303 g/mol. The number of carbonyl (C=O) groups excluding carboxylic acids is 2. The smallest absolute Gasteiger partial charge is 0.314 e. The predicted molar refractivity (Wildman–Crippen MR) is 85.0 cm³/mol. The van der Waals surface area contributed by atoms with Crippen LogP contribution in [0.25, 0.3) is 0 Å². The molecule has 1 N–H and O–H groups in total. The van der Waals surface area contributed by atoms with Crippen molar-refractivity contribution < 1.29 is 14.3 Å². The van der Waals surface area contributed by atoms with Crippen LogP contribution >= 0.6 is 0 Å². The van der Waals surface area contributed by atoms with Crippen LogP contribution in [0.2, 0.25) is 0 Å². The van der Waals surface area contributed by atoms with Gasteiger partial charge < -0.3 is 10.1 Å². The van der Waals surface area contributed by atoms with Gasteiger partial charge in [-0.05, 0) is 18.9 Å². The lowest BCUT2D eigenvalue weighted by atomic mass is 9.80. The number of unbranched alkanes of at least 4 members (excludes halogenated alkanes) is 2. The van der Waals surface area contributed by atoms with Crippen molar-refractivity contribution >= 4 is 11.9 Å². The van der Waals surface area contributed by atoms with Gasteiger partial charge in [0, 0.05) is 12.5 Å². The molecule has 1 amide bonds. The molecular formula is C18H25NO3. The van der Waals surface area contributed by atoms with E-state index in [-0.39, 0.29) is 30.9 Å². The monoisotopic (exact) mass is 303 g/mol. The molecule has 1 aliphatic heterocycles. The summed E-state index contributed by atoms with van der Waals surface area (Å²) in [7, 11) is 0. The van der Waals surface area contributed by atoms with E-state index in [9.17, 15) is 9.59 Å². The number of hydrogen-bond donors (Lipinski definition) is 1. The van der Waals surface area contributed by atoms with E-state index in [1.54, 1.807) is 0 Å². The predicted octanol–water partition coefficient (Wildman–Crippen LogP) is 3.20. The van der Waals surface area contributed by atoms with Gasteiger partial charge in [-0.25, -0.2) is 0 Å². The fourth-order valence-electron chi connectivity index (χ4n) is 2.95. The van der Waals surface area contributed by atoms with E-state index >= 15 is 0 Å². The molecule has 0 aliphatic carbocycles. The van der Waals surface area contributed by atoms with E-state index in [0.29, 0.717) is 0 Å². The van der Waals surface area contributed by atoms with E-state index < -0.39 is 5.41 Å². The molecule has 4 heteroatoms. The molecule has 4 nitrogen and oxygen atoms in total. The number of amides is 1. The summed E-state index contributed by atoms with van der Waals surface area (Å²) in [5.74, 6) is -0.336. The third-order valence-corrected chi connectivity index (χ3v) is 4.41. The minimum absolute atomic E-state index is 0.0549. The summed E-state index contributed by atoms with van der Waals surface area (Å²) >= 11 is 0. The topological polar surface area (TPSA) is 55.4 Å². The molecule has 1 aliphatic rings. The molecule has 0 spiro atoms. The molecular weight excluding hydrogens is 278 g/mol. The molecule has 120 valence electrons. The van der Waals surface area contributed by atoms with Crippen LogP contribution < -0.4 is 5.32 Å². The Labute approximate surface area is 132 Å². The van der Waals surface area contributed by atoms with Crippen LogP contribution in [0.1, 0.15) is 51.5 Å². The molecule has 0 bridgehead atoms. The van der Waals surface area contributed by atoms with Crippen molar-refractivity contribution in [3.05, 3.63) is 35.9 Å². The first-order valence-electron chi connectivity index (χ1n) is 8.07. The quantitative estimate of drug-likeness (QED) is 0.621. The molecule has 2 rings (SSSR count). The van der Waals surface area contributed by atoms with Crippen molar-refractivity contribution in [2.24, 2.45) is 5.41 Å². The highest BCUT2D eigenvalue weighted by Crippen LogP contribution is 2.36. The lowest BCUT2D eigenvalue weighted by molar-refractivity contribution is -0.157. The van der Waals surface area contributed by atoms with Gasteiger partial charge in [0.05, 0.1) is 5.41 Å². The van der Waals surface area contributed by atoms with Gasteiger partial charge in [0.15, 0.2) is 0 Å². The summed E-state index contributed by atoms with van der Waals surface area (Å²) in [6.45, 7) is 4.24. The van der Waals surface area contributed by atoms with Crippen LogP contribution in [0, 0.1) is 5.41 Å². The van der Waals surface area contributed by atoms with Gasteiger partial charge in [0.1, 0.15) is 6.61 Å². The van der Waals surface area contributed by atoms with Crippen LogP contribution in [-0.2, 0) is 20.9 Å². The second kappa shape index (κ2) is 7.43. The average Bonchev–Trinajstić information content (AvgIpc) is 2.81. The lowest BCUT2D eigenvalue weighted by Crippen LogP contribution is -2.41. The Balaban J connectivity index is 1.96. The minimum Gasteiger partial charge on any atom is -0.460 e. The first-order valence-corrected chi connectivity index (χ1v) is 8.07. The highest BCUT2D eigenvalue weighted by molar-refractivity contribution is 5.90. The van der Waals surface area contributed by atoms with E-state index in [2.05, 4.69) is 12.2 Å². The van der Waals surface area contributed by atoms with Gasteiger partial charge in [-0.3, -0.25) is 9.59 Å². The van der Waals surface area contributed by atoms with Crippen LogP contribution in [0.3, 0.4) is 0 Å². The lowest BCUT2D eigenvalue weighted by Gasteiger charge is -2.28. The van der Waals surface area contributed by atoms with E-state index in [0.717, 1.165) is 31.2 Å². The van der Waals surface area contributed by atoms with Gasteiger partial charge >= 0.3 is 5.97 Å². The summed E-state index contributed by atoms with van der Waals surface area (Å²) < 4.78 is 5.47. The molecule has 1 heterocycles. The number of benzene rings is 1. The van der Waals surface area contributed by atoms with E-state index in [1.807, 2.05) is 37.3 Å². The maximum absolute atomic E-state index is 12.5. The van der Waals surface area contributed by atoms with Crippen LogP contribution in [-0.4, -0.2) is 17.9 Å². The van der Waals surface area contributed by atoms with Crippen molar-refractivity contribution in [3.8, 4) is 0 Å². The molecule has 0 unspecified atom stereocenters. The summed E-state index contributed by atoms with van der Waals surface area (Å²) in [4.78, 5) is 24.3. The SMILES string of the molecule is CCCCC[C@H]1NC(=O)C[C@@]1(C)C(=O)OCc1ccccc1. The number of nitrogens with one attached hydrogen (secondary N) is 1. The third kappa shape index (κ3) is 3.87. The van der Waals surface area contributed by atoms with Gasteiger partial charge in [-0.2, -0.15) is 0 Å². The van der Waals surface area contributed by atoms with Crippen molar-refractivity contribution in [1.29, 1.82) is 0 Å². The molecule has 1 aromatic carbocycles. The zero-order valence-corrected chi connectivity index (χ0v) is 13.4. The fraction of sp³-hybridized carbons (Fsp3) is 0.556. The summed E-state index contributed by atoms with van der Waals surface area (Å²) in [6, 6.07) is 9.49. The Morgan fingerprint density at radius 2 is 2.05 bits per heavy atom. The Morgan fingerprint density at radius 3 is 2.73 bits per heavy atom. The second-order valence-electron chi connectivity index (χ2n) is 6.27. The minimum atomic E-state index is -0.750. The maximum Gasteiger partial charge on any atom is 0.314 e. The molecule has 1 fully saturated rings. The van der Waals surface area contributed by atoms with Crippen LogP contribution in [0.5, 0.6) is 0 Å². The molecule has 2 atom stereocenters. The third-order valence-electron chi connectivity index (χ3n) is 4.41. The molecule has 0 radical (unpaired) electrons. The number of rotatable bonds is 7. The van der Waals surface area contributed by atoms with Crippen molar-refractivity contribution in [3.63, 3.8) is 0 Å². The molecule has 22 heavy (non-hydrogen) atoms. The fourth-order valence-corrected chi connectivity index (χ4v) is 2.95. The molecule has 1 aromatic rings. The molecule has 0 saturated carbocycles. The summed E-state index contributed by atoms with van der Waals surface area (Å²) in [6.07, 6.45) is 4.30. The molecule has 1 saturated heterocycles. The summed E-state index contributed by atoms with van der Waals surface area (Å²) in [5.41, 5.74) is 0.207. The van der Waals surface area contributed by atoms with Gasteiger partial charge in [-0.15, -0.1) is 0 Å². The number of hydrogen-bond acceptors (Lipinski definition) is 3. The first-order chi connectivity index (χ1) is 10.6. The Kier molecular flexibility index (Phi) is 5.58. The van der Waals surface area contributed by atoms with E-state index in [4.69, 9.17) is 4.74 Å². The van der Waals surface area contributed by atoms with Gasteiger partial charge in [0.25, 0.3) is 0 Å². The Hall–Kier alpha value is -1.84. The normalized spacial score (nSPS) is 24.1. The molecule has 0 aromatic heterocycles. The van der Waals surface area contributed by atoms with Gasteiger partial charge in [-0.1, -0.05) is 56.5 Å². The Bertz CT molecular complexity index is 514. The largest absolute Gasteiger partial charge is 0.460 e. The van der Waals surface area contributed by atoms with Gasteiger partial charge in [0.2, 0.25) is 5.91 Å². The zero-order chi connectivity index (χ0) is 16.0. The second-order valence-corrected chi connectivity index (χ2v) is 6.27. The Morgan fingerprint density at radius 1 is 1.32 bits per heavy atom. The van der Waals surface area contributed by atoms with Crippen molar-refractivity contribution in [2.45, 2.75) is 58.6 Å². The zero-order valence-electron chi connectivity index (χ0n) is 13.4. The number of carbonyl (C=O) groups is 2. The van der Waals surface area contributed by atoms with Crippen molar-refractivity contribution in [2.75, 3.05) is 0 Å². The number of esters is 1. The highest BCUT2D eigenvalue weighted by Gasteiger charge is 2.49.